The van der Waals surface area contributed by atoms with Gasteiger partial charge in [-0.3, -0.25) is 0 Å². The summed E-state index contributed by atoms with van der Waals surface area (Å²) in [5.74, 6) is -0.289. The molecule has 0 aromatic rings. The van der Waals surface area contributed by atoms with E-state index in [0.29, 0.717) is 5.57 Å². The first kappa shape index (κ1) is 9.30. The Morgan fingerprint density at radius 3 is 2.42 bits per heavy atom. The van der Waals surface area contributed by atoms with Crippen LogP contribution in [0.4, 0.5) is 4.39 Å². The van der Waals surface area contributed by atoms with Gasteiger partial charge < -0.3 is 5.11 Å². The summed E-state index contributed by atoms with van der Waals surface area (Å²) in [5.41, 5.74) is 1.51. The summed E-state index contributed by atoms with van der Waals surface area (Å²) in [4.78, 5) is 0. The molecule has 0 spiro atoms. The average molecular weight is 170 g/mol. The Hall–Kier alpha value is -0.790. The zero-order valence-corrected chi connectivity index (χ0v) is 7.82. The molecule has 0 aromatic heterocycles. The summed E-state index contributed by atoms with van der Waals surface area (Å²) < 4.78 is 13.2. The number of hydrogen-bond donors (Lipinski definition) is 1. The lowest BCUT2D eigenvalue weighted by Crippen LogP contribution is -2.06. The molecule has 0 atom stereocenters. The van der Waals surface area contributed by atoms with Gasteiger partial charge in [0.15, 0.2) is 11.6 Å². The van der Waals surface area contributed by atoms with Crippen LogP contribution in [0, 0.1) is 5.92 Å². The van der Waals surface area contributed by atoms with E-state index in [4.69, 9.17) is 0 Å². The molecule has 0 aliphatic heterocycles. The molecule has 1 N–H and O–H groups in total. The van der Waals surface area contributed by atoms with E-state index in [0.717, 1.165) is 18.4 Å². The van der Waals surface area contributed by atoms with E-state index >= 15 is 0 Å². The van der Waals surface area contributed by atoms with Gasteiger partial charge in [-0.05, 0) is 36.8 Å². The Kier molecular flexibility index (Phi) is 2.55. The second-order valence-electron chi connectivity index (χ2n) is 3.62. The molecule has 0 unspecified atom stereocenters. The summed E-state index contributed by atoms with van der Waals surface area (Å²) >= 11 is 0. The molecule has 0 heterocycles. The van der Waals surface area contributed by atoms with E-state index in [2.05, 4.69) is 0 Å². The Morgan fingerprint density at radius 2 is 1.92 bits per heavy atom. The summed E-state index contributed by atoms with van der Waals surface area (Å²) in [6.07, 6.45) is 1.53. The zero-order valence-electron chi connectivity index (χ0n) is 7.82. The van der Waals surface area contributed by atoms with Gasteiger partial charge in [-0.2, -0.15) is 0 Å². The molecule has 12 heavy (non-hydrogen) atoms. The number of allylic oxidation sites excluding steroid dienone is 3. The molecule has 0 saturated heterocycles. The van der Waals surface area contributed by atoms with Crippen LogP contribution in [-0.2, 0) is 0 Å². The number of halogens is 1. The van der Waals surface area contributed by atoms with Crippen molar-refractivity contribution in [3.05, 3.63) is 22.7 Å². The molecule has 0 bridgehead atoms. The summed E-state index contributed by atoms with van der Waals surface area (Å²) in [6.45, 7) is 5.67. The standard InChI is InChI=1S/C10H15FO/c1-6(2)8-5-4-7(3)9(11)10(8)12/h6,12H,4-5H2,1-3H3. The Labute approximate surface area is 72.6 Å². The molecule has 68 valence electrons. The fourth-order valence-electron chi connectivity index (χ4n) is 1.46. The van der Waals surface area contributed by atoms with Crippen LogP contribution in [0.5, 0.6) is 0 Å². The van der Waals surface area contributed by atoms with Crippen LogP contribution >= 0.6 is 0 Å². The van der Waals surface area contributed by atoms with E-state index in [9.17, 15) is 9.50 Å². The molecular formula is C10H15FO. The Balaban J connectivity index is 3.03. The van der Waals surface area contributed by atoms with Crippen LogP contribution in [0.15, 0.2) is 22.7 Å². The third kappa shape index (κ3) is 1.52. The largest absolute Gasteiger partial charge is 0.505 e. The van der Waals surface area contributed by atoms with Crippen molar-refractivity contribution in [3.8, 4) is 0 Å². The van der Waals surface area contributed by atoms with Crippen molar-refractivity contribution >= 4 is 0 Å². The lowest BCUT2D eigenvalue weighted by molar-refractivity contribution is 0.361. The zero-order chi connectivity index (χ0) is 9.30. The maximum absolute atomic E-state index is 13.2. The highest BCUT2D eigenvalue weighted by atomic mass is 19.1. The van der Waals surface area contributed by atoms with Gasteiger partial charge in [-0.15, -0.1) is 0 Å². The average Bonchev–Trinajstić information content (AvgIpc) is 2.00. The van der Waals surface area contributed by atoms with E-state index in [1.54, 1.807) is 6.92 Å². The van der Waals surface area contributed by atoms with Crippen molar-refractivity contribution in [3.63, 3.8) is 0 Å². The fourth-order valence-corrected chi connectivity index (χ4v) is 1.46. The minimum atomic E-state index is -0.412. The van der Waals surface area contributed by atoms with E-state index in [-0.39, 0.29) is 11.7 Å². The van der Waals surface area contributed by atoms with Gasteiger partial charge in [0.05, 0.1) is 0 Å². The topological polar surface area (TPSA) is 20.2 Å². The van der Waals surface area contributed by atoms with Crippen LogP contribution in [-0.4, -0.2) is 5.11 Å². The van der Waals surface area contributed by atoms with E-state index in [1.807, 2.05) is 13.8 Å². The lowest BCUT2D eigenvalue weighted by Gasteiger charge is -2.19. The molecule has 2 heteroatoms. The number of aliphatic hydroxyl groups is 1. The molecule has 0 saturated carbocycles. The predicted octanol–water partition coefficient (Wildman–Crippen LogP) is 3.49. The summed E-state index contributed by atoms with van der Waals surface area (Å²) in [6, 6.07) is 0. The van der Waals surface area contributed by atoms with Gasteiger partial charge in [0.1, 0.15) is 0 Å². The first-order chi connectivity index (χ1) is 5.54. The minimum Gasteiger partial charge on any atom is -0.505 e. The van der Waals surface area contributed by atoms with Gasteiger partial charge in [0, 0.05) is 0 Å². The van der Waals surface area contributed by atoms with Crippen molar-refractivity contribution in [2.75, 3.05) is 0 Å². The maximum Gasteiger partial charge on any atom is 0.163 e. The highest BCUT2D eigenvalue weighted by Crippen LogP contribution is 2.32. The third-order valence-electron chi connectivity index (χ3n) is 2.35. The minimum absolute atomic E-state index is 0.117. The number of hydrogen-bond acceptors (Lipinski definition) is 1. The molecule has 1 aliphatic carbocycles. The molecule has 0 amide bonds. The smallest absolute Gasteiger partial charge is 0.163 e. The molecule has 1 nitrogen and oxygen atoms in total. The Bertz CT molecular complexity index is 249. The molecule has 1 aliphatic rings. The summed E-state index contributed by atoms with van der Waals surface area (Å²) in [5, 5.41) is 9.43. The number of aliphatic hydroxyl groups excluding tert-OH is 1. The Morgan fingerprint density at radius 1 is 1.33 bits per heavy atom. The predicted molar refractivity (Wildman–Crippen MR) is 47.5 cm³/mol. The van der Waals surface area contributed by atoms with Crippen LogP contribution in [0.2, 0.25) is 0 Å². The van der Waals surface area contributed by atoms with Crippen molar-refractivity contribution in [2.24, 2.45) is 5.92 Å². The normalized spacial score (nSPS) is 19.4. The van der Waals surface area contributed by atoms with E-state index in [1.165, 1.54) is 0 Å². The van der Waals surface area contributed by atoms with Crippen molar-refractivity contribution in [2.45, 2.75) is 33.6 Å². The number of rotatable bonds is 1. The quantitative estimate of drug-likeness (QED) is 0.638. The third-order valence-corrected chi connectivity index (χ3v) is 2.35. The van der Waals surface area contributed by atoms with Crippen LogP contribution in [0.1, 0.15) is 33.6 Å². The molecular weight excluding hydrogens is 155 g/mol. The van der Waals surface area contributed by atoms with Crippen LogP contribution in [0.25, 0.3) is 0 Å². The van der Waals surface area contributed by atoms with Crippen molar-refractivity contribution in [1.82, 2.24) is 0 Å². The highest BCUT2D eigenvalue weighted by molar-refractivity contribution is 5.33. The fraction of sp³-hybridized carbons (Fsp3) is 0.600. The van der Waals surface area contributed by atoms with Crippen LogP contribution < -0.4 is 0 Å². The SMILES string of the molecule is CC1=C(F)C(O)=C(C(C)C)CC1. The van der Waals surface area contributed by atoms with E-state index < -0.39 is 5.83 Å². The molecule has 0 radical (unpaired) electrons. The van der Waals surface area contributed by atoms with Crippen molar-refractivity contribution < 1.29 is 9.50 Å². The van der Waals surface area contributed by atoms with Gasteiger partial charge in [-0.1, -0.05) is 13.8 Å². The van der Waals surface area contributed by atoms with Gasteiger partial charge in [0.25, 0.3) is 0 Å². The second kappa shape index (κ2) is 3.30. The second-order valence-corrected chi connectivity index (χ2v) is 3.62. The van der Waals surface area contributed by atoms with Gasteiger partial charge in [0.2, 0.25) is 0 Å². The summed E-state index contributed by atoms with van der Waals surface area (Å²) in [7, 11) is 0. The van der Waals surface area contributed by atoms with Crippen LogP contribution in [0.3, 0.4) is 0 Å². The monoisotopic (exact) mass is 170 g/mol. The van der Waals surface area contributed by atoms with Crippen molar-refractivity contribution in [1.29, 1.82) is 0 Å². The maximum atomic E-state index is 13.2. The molecule has 1 rings (SSSR count). The first-order valence-corrected chi connectivity index (χ1v) is 4.31. The molecule has 0 aromatic carbocycles. The molecule has 0 fully saturated rings. The first-order valence-electron chi connectivity index (χ1n) is 4.31. The highest BCUT2D eigenvalue weighted by Gasteiger charge is 2.20. The lowest BCUT2D eigenvalue weighted by atomic mass is 9.90. The van der Waals surface area contributed by atoms with Gasteiger partial charge in [-0.25, -0.2) is 4.39 Å². The van der Waals surface area contributed by atoms with Gasteiger partial charge >= 0.3 is 0 Å².